The predicted octanol–water partition coefficient (Wildman–Crippen LogP) is 1.70. The Morgan fingerprint density at radius 1 is 1.32 bits per heavy atom. The number of hydrogen-bond donors (Lipinski definition) is 0. The van der Waals surface area contributed by atoms with E-state index in [0.29, 0.717) is 11.0 Å². The summed E-state index contributed by atoms with van der Waals surface area (Å²) in [5.74, 6) is 1.87. The highest BCUT2D eigenvalue weighted by atomic mass is 19.1. The van der Waals surface area contributed by atoms with Gasteiger partial charge in [-0.3, -0.25) is 0 Å². The Kier molecular flexibility index (Phi) is 3.42. The highest BCUT2D eigenvalue weighted by Crippen LogP contribution is 2.36. The maximum absolute atomic E-state index is 13.8. The molecule has 0 aromatic carbocycles. The molecule has 2 rings (SSSR count). The van der Waals surface area contributed by atoms with E-state index in [1.54, 1.807) is 6.07 Å². The molecule has 0 saturated carbocycles. The van der Waals surface area contributed by atoms with Crippen LogP contribution in [0.15, 0.2) is 12.3 Å². The molecule has 1 aliphatic rings. The van der Waals surface area contributed by atoms with E-state index >= 15 is 0 Å². The monoisotopic (exact) mass is 261 g/mol. The first kappa shape index (κ1) is 14.0. The van der Waals surface area contributed by atoms with Crippen LogP contribution in [0.3, 0.4) is 0 Å². The van der Waals surface area contributed by atoms with Crippen LogP contribution in [0.4, 0.5) is 4.39 Å². The number of halogens is 1. The molecule has 1 aromatic rings. The molecule has 0 spiro atoms. The van der Waals surface area contributed by atoms with Crippen molar-refractivity contribution in [2.24, 2.45) is 0 Å². The van der Waals surface area contributed by atoms with Crippen LogP contribution in [0.1, 0.15) is 33.3 Å². The molecule has 1 saturated heterocycles. The molecule has 0 N–H and O–H groups in total. The fraction of sp³-hybridized carbons (Fsp3) is 0.500. The number of pyridine rings is 1. The van der Waals surface area contributed by atoms with Crippen LogP contribution in [-0.4, -0.2) is 23.3 Å². The van der Waals surface area contributed by atoms with Gasteiger partial charge in [0, 0.05) is 18.2 Å². The molecule has 100 valence electrons. The van der Waals surface area contributed by atoms with Crippen molar-refractivity contribution >= 4 is 12.6 Å². The molecule has 19 heavy (non-hydrogen) atoms. The lowest BCUT2D eigenvalue weighted by atomic mass is 9.76. The first-order valence-electron chi connectivity index (χ1n) is 6.21. The summed E-state index contributed by atoms with van der Waals surface area (Å²) in [6, 6.07) is 1.69. The van der Waals surface area contributed by atoms with E-state index in [2.05, 4.69) is 10.9 Å². The van der Waals surface area contributed by atoms with E-state index in [1.165, 1.54) is 6.20 Å². The zero-order valence-corrected chi connectivity index (χ0v) is 11.7. The SMILES string of the molecule is C#CCc1c(B2OC(C)(C)C(C)(C)O2)ccnc1F. The van der Waals surface area contributed by atoms with E-state index in [0.717, 1.165) is 0 Å². The van der Waals surface area contributed by atoms with Crippen molar-refractivity contribution in [3.05, 3.63) is 23.8 Å². The Morgan fingerprint density at radius 2 is 1.89 bits per heavy atom. The Morgan fingerprint density at radius 3 is 2.42 bits per heavy atom. The second-order valence-corrected chi connectivity index (χ2v) is 5.64. The highest BCUT2D eigenvalue weighted by molar-refractivity contribution is 6.62. The van der Waals surface area contributed by atoms with Crippen LogP contribution in [-0.2, 0) is 15.7 Å². The fourth-order valence-electron chi connectivity index (χ4n) is 1.95. The smallest absolute Gasteiger partial charge is 0.399 e. The number of terminal acetylenes is 1. The number of nitrogens with zero attached hydrogens (tertiary/aromatic N) is 1. The average Bonchev–Trinajstić information content (AvgIpc) is 2.51. The van der Waals surface area contributed by atoms with Gasteiger partial charge in [-0.25, -0.2) is 4.98 Å². The van der Waals surface area contributed by atoms with Gasteiger partial charge >= 0.3 is 7.12 Å². The number of aromatic nitrogens is 1. The Bertz CT molecular complexity index is 521. The van der Waals surface area contributed by atoms with E-state index in [4.69, 9.17) is 15.7 Å². The predicted molar refractivity (Wildman–Crippen MR) is 72.4 cm³/mol. The third-order valence-electron chi connectivity index (χ3n) is 3.83. The lowest BCUT2D eigenvalue weighted by Crippen LogP contribution is -2.41. The second-order valence-electron chi connectivity index (χ2n) is 5.64. The minimum atomic E-state index is -0.620. The maximum atomic E-state index is 13.8. The molecule has 0 atom stereocenters. The molecule has 1 fully saturated rings. The lowest BCUT2D eigenvalue weighted by Gasteiger charge is -2.32. The number of hydrogen-bond acceptors (Lipinski definition) is 3. The van der Waals surface area contributed by atoms with Crippen LogP contribution >= 0.6 is 0 Å². The van der Waals surface area contributed by atoms with Crippen LogP contribution in [0, 0.1) is 18.3 Å². The van der Waals surface area contributed by atoms with Crippen LogP contribution < -0.4 is 5.46 Å². The Labute approximate surface area is 113 Å². The normalized spacial score (nSPS) is 20.3. The molecule has 0 amide bonds. The molecule has 5 heteroatoms. The van der Waals surface area contributed by atoms with Crippen LogP contribution in [0.2, 0.25) is 0 Å². The summed E-state index contributed by atoms with van der Waals surface area (Å²) in [4.78, 5) is 3.63. The second kappa shape index (κ2) is 4.62. The molecule has 3 nitrogen and oxygen atoms in total. The van der Waals surface area contributed by atoms with E-state index in [1.807, 2.05) is 27.7 Å². The summed E-state index contributed by atoms with van der Waals surface area (Å²) in [7, 11) is -0.620. The third-order valence-corrected chi connectivity index (χ3v) is 3.83. The minimum absolute atomic E-state index is 0.166. The molecule has 1 aromatic heterocycles. The van der Waals surface area contributed by atoms with E-state index in [9.17, 15) is 4.39 Å². The summed E-state index contributed by atoms with van der Waals surface area (Å²) in [5, 5.41) is 0. The van der Waals surface area contributed by atoms with Gasteiger partial charge < -0.3 is 9.31 Å². The zero-order valence-electron chi connectivity index (χ0n) is 11.7. The standard InChI is InChI=1S/C14H17BFNO2/c1-6-7-10-11(8-9-17-12(10)16)15-18-13(2,3)14(4,5)19-15/h1,8-9H,7H2,2-5H3. The van der Waals surface area contributed by atoms with Crippen molar-refractivity contribution in [2.75, 3.05) is 0 Å². The van der Waals surface area contributed by atoms with Gasteiger partial charge in [-0.2, -0.15) is 4.39 Å². The van der Waals surface area contributed by atoms with Gasteiger partial charge in [0.15, 0.2) is 0 Å². The van der Waals surface area contributed by atoms with Crippen molar-refractivity contribution in [2.45, 2.75) is 45.3 Å². The zero-order chi connectivity index (χ0) is 14.3. The highest BCUT2D eigenvalue weighted by Gasteiger charge is 2.52. The molecule has 0 bridgehead atoms. The Hall–Kier alpha value is -1.38. The van der Waals surface area contributed by atoms with Gasteiger partial charge in [0.2, 0.25) is 5.95 Å². The van der Waals surface area contributed by atoms with Gasteiger partial charge in [0.25, 0.3) is 0 Å². The first-order valence-corrected chi connectivity index (χ1v) is 6.21. The fourth-order valence-corrected chi connectivity index (χ4v) is 1.95. The van der Waals surface area contributed by atoms with Gasteiger partial charge in [-0.1, -0.05) is 0 Å². The van der Waals surface area contributed by atoms with Crippen molar-refractivity contribution < 1.29 is 13.7 Å². The molecule has 1 aliphatic heterocycles. The molecule has 0 aliphatic carbocycles. The summed E-state index contributed by atoms with van der Waals surface area (Å²) in [6.45, 7) is 7.80. The lowest BCUT2D eigenvalue weighted by molar-refractivity contribution is 0.00578. The van der Waals surface area contributed by atoms with Crippen LogP contribution in [0.5, 0.6) is 0 Å². The van der Waals surface area contributed by atoms with Gasteiger partial charge in [0.05, 0.1) is 11.2 Å². The van der Waals surface area contributed by atoms with Gasteiger partial charge in [-0.15, -0.1) is 12.3 Å². The van der Waals surface area contributed by atoms with Crippen molar-refractivity contribution in [1.29, 1.82) is 0 Å². The van der Waals surface area contributed by atoms with Gasteiger partial charge in [-0.05, 0) is 39.2 Å². The van der Waals surface area contributed by atoms with E-state index < -0.39 is 24.3 Å². The van der Waals surface area contributed by atoms with Crippen molar-refractivity contribution in [1.82, 2.24) is 4.98 Å². The summed E-state index contributed by atoms with van der Waals surface area (Å²) in [6.07, 6.45) is 6.84. The molecular formula is C14H17BFNO2. The van der Waals surface area contributed by atoms with Crippen molar-refractivity contribution in [3.63, 3.8) is 0 Å². The first-order chi connectivity index (χ1) is 8.78. The maximum Gasteiger partial charge on any atom is 0.495 e. The van der Waals surface area contributed by atoms with Gasteiger partial charge in [0.1, 0.15) is 0 Å². The summed E-state index contributed by atoms with van der Waals surface area (Å²) in [5.41, 5.74) is 0.0444. The Balaban J connectivity index is 2.40. The molecule has 0 radical (unpaired) electrons. The molecule has 0 unspecified atom stereocenters. The quantitative estimate of drug-likeness (QED) is 0.461. The van der Waals surface area contributed by atoms with Crippen molar-refractivity contribution in [3.8, 4) is 12.3 Å². The average molecular weight is 261 g/mol. The molecular weight excluding hydrogens is 244 g/mol. The summed E-state index contributed by atoms with van der Waals surface area (Å²) >= 11 is 0. The number of rotatable bonds is 2. The summed E-state index contributed by atoms with van der Waals surface area (Å²) < 4.78 is 25.6. The van der Waals surface area contributed by atoms with E-state index in [-0.39, 0.29) is 6.42 Å². The topological polar surface area (TPSA) is 31.4 Å². The van der Waals surface area contributed by atoms with Crippen LogP contribution in [0.25, 0.3) is 0 Å². The molecule has 2 heterocycles. The minimum Gasteiger partial charge on any atom is -0.399 e. The largest absolute Gasteiger partial charge is 0.495 e. The third kappa shape index (κ3) is 2.38.